The van der Waals surface area contributed by atoms with E-state index in [-0.39, 0.29) is 18.9 Å². The number of anilines is 2. The molecule has 2 aliphatic heterocycles. The molecule has 0 saturated carbocycles. The van der Waals surface area contributed by atoms with Crippen LogP contribution in [0.1, 0.15) is 0 Å². The Morgan fingerprint density at radius 3 is 2.70 bits per heavy atom. The van der Waals surface area contributed by atoms with E-state index in [0.717, 1.165) is 25.2 Å². The van der Waals surface area contributed by atoms with E-state index >= 15 is 0 Å². The highest BCUT2D eigenvalue weighted by atomic mass is 28.3. The number of halogens is 1. The SMILES string of the molecule is COC(=O)NC[C@H]1CN(c2ccc(N3CC[Si](C)(C)CC3)c(F)c2)C(=O)O1. The third kappa shape index (κ3) is 4.52. The van der Waals surface area contributed by atoms with Crippen LogP contribution >= 0.6 is 0 Å². The molecule has 0 aliphatic carbocycles. The van der Waals surface area contributed by atoms with Gasteiger partial charge in [0.05, 0.1) is 39.6 Å². The van der Waals surface area contributed by atoms with Crippen LogP contribution in [0.25, 0.3) is 0 Å². The molecule has 2 heterocycles. The van der Waals surface area contributed by atoms with Gasteiger partial charge in [-0.15, -0.1) is 0 Å². The van der Waals surface area contributed by atoms with Crippen molar-refractivity contribution >= 4 is 31.6 Å². The van der Waals surface area contributed by atoms with Gasteiger partial charge in [-0.3, -0.25) is 4.90 Å². The van der Waals surface area contributed by atoms with Gasteiger partial charge >= 0.3 is 12.2 Å². The van der Waals surface area contributed by atoms with Gasteiger partial charge in [-0.2, -0.15) is 0 Å². The second-order valence-corrected chi connectivity index (χ2v) is 13.1. The first-order valence-electron chi connectivity index (χ1n) is 9.13. The molecule has 1 aromatic rings. The Morgan fingerprint density at radius 2 is 2.07 bits per heavy atom. The molecule has 2 aliphatic rings. The van der Waals surface area contributed by atoms with Crippen molar-refractivity contribution in [2.45, 2.75) is 31.3 Å². The van der Waals surface area contributed by atoms with Gasteiger partial charge in [-0.05, 0) is 30.3 Å². The fourth-order valence-corrected chi connectivity index (χ4v) is 5.38. The van der Waals surface area contributed by atoms with E-state index in [0.29, 0.717) is 11.4 Å². The lowest BCUT2D eigenvalue weighted by Gasteiger charge is -2.37. The first kappa shape index (κ1) is 19.5. The minimum Gasteiger partial charge on any atom is -0.453 e. The third-order valence-electron chi connectivity index (χ3n) is 5.23. The Kier molecular flexibility index (Phi) is 5.59. The summed E-state index contributed by atoms with van der Waals surface area (Å²) in [5.74, 6) is -0.335. The maximum Gasteiger partial charge on any atom is 0.414 e. The maximum atomic E-state index is 14.7. The smallest absolute Gasteiger partial charge is 0.414 e. The number of ether oxygens (including phenoxy) is 2. The quantitative estimate of drug-likeness (QED) is 0.794. The van der Waals surface area contributed by atoms with E-state index in [1.807, 2.05) is 0 Å². The van der Waals surface area contributed by atoms with E-state index in [1.54, 1.807) is 12.1 Å². The predicted molar refractivity (Wildman–Crippen MR) is 104 cm³/mol. The zero-order valence-corrected chi connectivity index (χ0v) is 17.0. The minimum atomic E-state index is -1.12. The summed E-state index contributed by atoms with van der Waals surface area (Å²) in [7, 11) is 0.139. The minimum absolute atomic E-state index is 0.142. The molecule has 2 amide bonds. The van der Waals surface area contributed by atoms with Crippen LogP contribution in [-0.4, -0.2) is 59.7 Å². The summed E-state index contributed by atoms with van der Waals surface area (Å²) in [4.78, 5) is 26.7. The summed E-state index contributed by atoms with van der Waals surface area (Å²) >= 11 is 0. The Balaban J connectivity index is 1.65. The molecule has 9 heteroatoms. The predicted octanol–water partition coefficient (Wildman–Crippen LogP) is 3.04. The topological polar surface area (TPSA) is 71.1 Å². The van der Waals surface area contributed by atoms with Gasteiger partial charge in [-0.25, -0.2) is 14.0 Å². The van der Waals surface area contributed by atoms with Crippen LogP contribution in [0.2, 0.25) is 25.2 Å². The molecular weight excluding hydrogens is 369 g/mol. The zero-order valence-electron chi connectivity index (χ0n) is 16.0. The van der Waals surface area contributed by atoms with Crippen molar-refractivity contribution in [2.24, 2.45) is 0 Å². The first-order chi connectivity index (χ1) is 12.8. The highest BCUT2D eigenvalue weighted by molar-refractivity contribution is 6.77. The van der Waals surface area contributed by atoms with Crippen LogP contribution < -0.4 is 15.1 Å². The molecule has 1 N–H and O–H groups in total. The summed E-state index contributed by atoms with van der Waals surface area (Å²) in [6.45, 7) is 6.88. The van der Waals surface area contributed by atoms with Gasteiger partial charge in [0, 0.05) is 13.1 Å². The number of alkyl carbamates (subject to hydrolysis) is 1. The molecule has 0 aromatic heterocycles. The number of rotatable bonds is 4. The summed E-state index contributed by atoms with van der Waals surface area (Å²) < 4.78 is 24.4. The van der Waals surface area contributed by atoms with Gasteiger partial charge in [-0.1, -0.05) is 13.1 Å². The van der Waals surface area contributed by atoms with E-state index in [4.69, 9.17) is 4.74 Å². The largest absolute Gasteiger partial charge is 0.453 e. The standard InChI is InChI=1S/C18H26FN3O4Si/c1-25-17(23)20-11-14-12-22(18(24)26-14)13-4-5-16(15(19)10-13)21-6-8-27(2,3)9-7-21/h4-5,10,14H,6-9,11-12H2,1-3H3,(H,20,23)/t14-/m0/s1. The van der Waals surface area contributed by atoms with Crippen LogP contribution in [0, 0.1) is 5.82 Å². The van der Waals surface area contributed by atoms with Crippen LogP contribution in [0.4, 0.5) is 25.4 Å². The van der Waals surface area contributed by atoms with Gasteiger partial charge in [0.15, 0.2) is 0 Å². The average molecular weight is 396 g/mol. The molecule has 148 valence electrons. The number of carbonyl (C=O) groups excluding carboxylic acids is 2. The van der Waals surface area contributed by atoms with Crippen LogP contribution in [0.5, 0.6) is 0 Å². The Bertz CT molecular complexity index is 721. The number of nitrogens with one attached hydrogen (secondary N) is 1. The molecule has 2 saturated heterocycles. The van der Waals surface area contributed by atoms with Crippen molar-refractivity contribution in [3.63, 3.8) is 0 Å². The fourth-order valence-electron chi connectivity index (χ4n) is 3.38. The van der Waals surface area contributed by atoms with Gasteiger partial charge < -0.3 is 19.7 Å². The molecule has 1 atom stereocenters. The van der Waals surface area contributed by atoms with E-state index in [9.17, 15) is 14.0 Å². The third-order valence-corrected chi connectivity index (χ3v) is 8.39. The van der Waals surface area contributed by atoms with Crippen LogP contribution in [0.15, 0.2) is 18.2 Å². The summed E-state index contributed by atoms with van der Waals surface area (Å²) in [5.41, 5.74) is 1.04. The van der Waals surface area contributed by atoms with Crippen LogP contribution in [-0.2, 0) is 9.47 Å². The van der Waals surface area contributed by atoms with E-state index in [1.165, 1.54) is 18.1 Å². The number of nitrogens with zero attached hydrogens (tertiary/aromatic N) is 2. The average Bonchev–Trinajstić information content (AvgIpc) is 3.01. The lowest BCUT2D eigenvalue weighted by atomic mass is 10.2. The van der Waals surface area contributed by atoms with Crippen molar-refractivity contribution in [1.29, 1.82) is 0 Å². The molecule has 7 nitrogen and oxygen atoms in total. The highest BCUT2D eigenvalue weighted by Crippen LogP contribution is 2.31. The molecule has 2 fully saturated rings. The summed E-state index contributed by atoms with van der Waals surface area (Å²) in [5, 5.41) is 2.49. The van der Waals surface area contributed by atoms with Crippen molar-refractivity contribution in [3.05, 3.63) is 24.0 Å². The highest BCUT2D eigenvalue weighted by Gasteiger charge is 2.33. The van der Waals surface area contributed by atoms with Crippen LogP contribution in [0.3, 0.4) is 0 Å². The number of carbonyl (C=O) groups is 2. The second-order valence-electron chi connectivity index (χ2n) is 7.78. The molecular formula is C18H26FN3O4Si. The number of methoxy groups -OCH3 is 1. The molecule has 0 spiro atoms. The van der Waals surface area contributed by atoms with E-state index < -0.39 is 26.4 Å². The lowest BCUT2D eigenvalue weighted by Crippen LogP contribution is -2.43. The maximum absolute atomic E-state index is 14.7. The molecule has 3 rings (SSSR count). The lowest BCUT2D eigenvalue weighted by molar-refractivity contribution is 0.132. The number of benzene rings is 1. The molecule has 0 unspecified atom stereocenters. The molecule has 27 heavy (non-hydrogen) atoms. The van der Waals surface area contributed by atoms with Gasteiger partial charge in [0.2, 0.25) is 0 Å². The molecule has 0 bridgehead atoms. The zero-order chi connectivity index (χ0) is 19.6. The monoisotopic (exact) mass is 395 g/mol. The summed E-state index contributed by atoms with van der Waals surface area (Å²) in [6.07, 6.45) is -1.65. The normalized spacial score (nSPS) is 21.8. The van der Waals surface area contributed by atoms with Crippen molar-refractivity contribution < 1.29 is 23.5 Å². The number of amides is 2. The number of hydrogen-bond donors (Lipinski definition) is 1. The molecule has 1 aromatic carbocycles. The first-order valence-corrected chi connectivity index (χ1v) is 12.5. The Hall–Kier alpha value is -2.29. The number of cyclic esters (lactones) is 1. The van der Waals surface area contributed by atoms with Gasteiger partial charge in [0.1, 0.15) is 11.9 Å². The Labute approximate surface area is 159 Å². The summed E-state index contributed by atoms with van der Waals surface area (Å²) in [6, 6.07) is 7.16. The number of hydrogen-bond acceptors (Lipinski definition) is 5. The van der Waals surface area contributed by atoms with Crippen molar-refractivity contribution in [1.82, 2.24) is 5.32 Å². The van der Waals surface area contributed by atoms with E-state index in [2.05, 4.69) is 28.0 Å². The van der Waals surface area contributed by atoms with Crippen molar-refractivity contribution in [2.75, 3.05) is 43.1 Å². The van der Waals surface area contributed by atoms with Crippen molar-refractivity contribution in [3.8, 4) is 0 Å². The fraction of sp³-hybridized carbons (Fsp3) is 0.556. The Morgan fingerprint density at radius 1 is 1.37 bits per heavy atom. The second kappa shape index (κ2) is 7.75. The molecule has 0 radical (unpaired) electrons. The van der Waals surface area contributed by atoms with Gasteiger partial charge in [0.25, 0.3) is 0 Å².